The Bertz CT molecular complexity index is 885. The SMILES string of the molecule is CCC(C)OC[C@H](CC1CCCCC1)OCc1ccc(C(=O)OC)c(-c2ccccc2C)c1. The van der Waals surface area contributed by atoms with Gasteiger partial charge in [-0.05, 0) is 67.0 Å². The first-order valence-corrected chi connectivity index (χ1v) is 12.5. The Morgan fingerprint density at radius 3 is 2.48 bits per heavy atom. The molecule has 4 nitrogen and oxygen atoms in total. The number of hydrogen-bond acceptors (Lipinski definition) is 4. The van der Waals surface area contributed by atoms with Crippen LogP contribution in [-0.4, -0.2) is 31.9 Å². The minimum Gasteiger partial charge on any atom is -0.465 e. The second-order valence-corrected chi connectivity index (χ2v) is 9.41. The zero-order chi connectivity index (χ0) is 23.6. The fourth-order valence-electron chi connectivity index (χ4n) is 4.65. The van der Waals surface area contributed by atoms with Crippen molar-refractivity contribution < 1.29 is 19.0 Å². The van der Waals surface area contributed by atoms with Crippen LogP contribution >= 0.6 is 0 Å². The maximum absolute atomic E-state index is 12.4. The Morgan fingerprint density at radius 2 is 1.79 bits per heavy atom. The highest BCUT2D eigenvalue weighted by Gasteiger charge is 2.21. The van der Waals surface area contributed by atoms with Crippen molar-refractivity contribution >= 4 is 5.97 Å². The fraction of sp³-hybridized carbons (Fsp3) is 0.552. The summed E-state index contributed by atoms with van der Waals surface area (Å²) in [6.07, 6.45) is 9.02. The third kappa shape index (κ3) is 7.41. The Kier molecular flexibility index (Phi) is 9.95. The molecular weight excluding hydrogens is 412 g/mol. The van der Waals surface area contributed by atoms with Gasteiger partial charge in [0.05, 0.1) is 38.1 Å². The van der Waals surface area contributed by atoms with Crippen molar-refractivity contribution in [2.75, 3.05) is 13.7 Å². The van der Waals surface area contributed by atoms with E-state index < -0.39 is 0 Å². The number of methoxy groups -OCH3 is 1. The van der Waals surface area contributed by atoms with Crippen LogP contribution in [0.2, 0.25) is 0 Å². The smallest absolute Gasteiger partial charge is 0.338 e. The average Bonchev–Trinajstić information content (AvgIpc) is 2.85. The first kappa shape index (κ1) is 25.5. The third-order valence-corrected chi connectivity index (χ3v) is 6.87. The Labute approximate surface area is 199 Å². The van der Waals surface area contributed by atoms with Crippen molar-refractivity contribution in [3.8, 4) is 11.1 Å². The number of hydrogen-bond donors (Lipinski definition) is 0. The van der Waals surface area contributed by atoms with Crippen molar-refractivity contribution in [1.29, 1.82) is 0 Å². The summed E-state index contributed by atoms with van der Waals surface area (Å²) in [6, 6.07) is 14.0. The lowest BCUT2D eigenvalue weighted by molar-refractivity contribution is -0.0575. The van der Waals surface area contributed by atoms with Crippen LogP contribution in [-0.2, 0) is 20.8 Å². The van der Waals surface area contributed by atoms with Crippen molar-refractivity contribution in [3.63, 3.8) is 0 Å². The molecule has 1 unspecified atom stereocenters. The molecule has 0 spiro atoms. The molecule has 3 rings (SSSR count). The van der Waals surface area contributed by atoms with Gasteiger partial charge in [-0.3, -0.25) is 0 Å². The van der Waals surface area contributed by atoms with Gasteiger partial charge in [0.1, 0.15) is 0 Å². The second kappa shape index (κ2) is 12.9. The topological polar surface area (TPSA) is 44.8 Å². The summed E-state index contributed by atoms with van der Waals surface area (Å²) in [6.45, 7) is 7.47. The molecule has 2 aromatic rings. The van der Waals surface area contributed by atoms with E-state index in [9.17, 15) is 4.79 Å². The van der Waals surface area contributed by atoms with Crippen molar-refractivity contribution in [3.05, 3.63) is 59.2 Å². The molecule has 180 valence electrons. The fourth-order valence-corrected chi connectivity index (χ4v) is 4.65. The molecular formula is C29H40O4. The molecule has 0 saturated heterocycles. The summed E-state index contributed by atoms with van der Waals surface area (Å²) in [4.78, 5) is 12.4. The summed E-state index contributed by atoms with van der Waals surface area (Å²) >= 11 is 0. The molecule has 0 radical (unpaired) electrons. The molecule has 2 aromatic carbocycles. The van der Waals surface area contributed by atoms with Crippen molar-refractivity contribution in [2.45, 2.75) is 84.5 Å². The predicted octanol–water partition coefficient (Wildman–Crippen LogP) is 7.12. The highest BCUT2D eigenvalue weighted by molar-refractivity contribution is 5.97. The number of rotatable bonds is 11. The van der Waals surface area contributed by atoms with Gasteiger partial charge in [-0.1, -0.05) is 69.4 Å². The second-order valence-electron chi connectivity index (χ2n) is 9.41. The molecule has 1 aliphatic carbocycles. The highest BCUT2D eigenvalue weighted by Crippen LogP contribution is 2.31. The van der Waals surface area contributed by atoms with E-state index in [0.29, 0.717) is 18.8 Å². The summed E-state index contributed by atoms with van der Waals surface area (Å²) in [7, 11) is 1.42. The number of carbonyl (C=O) groups is 1. The van der Waals surface area contributed by atoms with E-state index in [-0.39, 0.29) is 18.2 Å². The van der Waals surface area contributed by atoms with Crippen LogP contribution in [0.5, 0.6) is 0 Å². The van der Waals surface area contributed by atoms with Gasteiger partial charge in [0, 0.05) is 0 Å². The molecule has 0 amide bonds. The lowest BCUT2D eigenvalue weighted by atomic mass is 9.85. The summed E-state index contributed by atoms with van der Waals surface area (Å²) in [5.41, 5.74) is 4.68. The normalized spacial score (nSPS) is 16.4. The van der Waals surface area contributed by atoms with E-state index in [1.807, 2.05) is 30.3 Å². The highest BCUT2D eigenvalue weighted by atomic mass is 16.5. The number of esters is 1. The summed E-state index contributed by atoms with van der Waals surface area (Å²) < 4.78 is 17.5. The number of aryl methyl sites for hydroxylation is 1. The van der Waals surface area contributed by atoms with Gasteiger partial charge < -0.3 is 14.2 Å². The molecule has 2 atom stereocenters. The summed E-state index contributed by atoms with van der Waals surface area (Å²) in [5, 5.41) is 0. The van der Waals surface area contributed by atoms with Gasteiger partial charge in [0.2, 0.25) is 0 Å². The Hall–Kier alpha value is -2.17. The Morgan fingerprint density at radius 1 is 1.03 bits per heavy atom. The molecule has 1 fully saturated rings. The van der Waals surface area contributed by atoms with Crippen molar-refractivity contribution in [2.24, 2.45) is 5.92 Å². The van der Waals surface area contributed by atoms with Crippen molar-refractivity contribution in [1.82, 2.24) is 0 Å². The Balaban J connectivity index is 1.77. The van der Waals surface area contributed by atoms with E-state index in [1.165, 1.54) is 39.2 Å². The minimum absolute atomic E-state index is 0.0873. The van der Waals surface area contributed by atoms with Gasteiger partial charge in [-0.25, -0.2) is 4.79 Å². The first-order valence-electron chi connectivity index (χ1n) is 12.5. The van der Waals surface area contributed by atoms with E-state index in [2.05, 4.69) is 32.9 Å². The molecule has 4 heteroatoms. The van der Waals surface area contributed by atoms with Gasteiger partial charge in [-0.2, -0.15) is 0 Å². The molecule has 1 saturated carbocycles. The van der Waals surface area contributed by atoms with Crippen LogP contribution in [0.1, 0.15) is 80.3 Å². The van der Waals surface area contributed by atoms with Gasteiger partial charge in [0.25, 0.3) is 0 Å². The molecule has 0 N–H and O–H groups in total. The maximum atomic E-state index is 12.4. The maximum Gasteiger partial charge on any atom is 0.338 e. The van der Waals surface area contributed by atoms with Crippen LogP contribution in [0.3, 0.4) is 0 Å². The average molecular weight is 453 g/mol. The molecule has 1 aliphatic rings. The quantitative estimate of drug-likeness (QED) is 0.341. The zero-order valence-electron chi connectivity index (χ0n) is 20.8. The number of ether oxygens (including phenoxy) is 3. The van der Waals surface area contributed by atoms with Gasteiger partial charge in [0.15, 0.2) is 0 Å². The summed E-state index contributed by atoms with van der Waals surface area (Å²) in [5.74, 6) is 0.409. The van der Waals surface area contributed by atoms with Crippen LogP contribution in [0.15, 0.2) is 42.5 Å². The third-order valence-electron chi connectivity index (χ3n) is 6.87. The minimum atomic E-state index is -0.321. The van der Waals surface area contributed by atoms with Gasteiger partial charge in [-0.15, -0.1) is 0 Å². The van der Waals surface area contributed by atoms with E-state index >= 15 is 0 Å². The van der Waals surface area contributed by atoms with Crippen LogP contribution in [0.4, 0.5) is 0 Å². The molecule has 0 aliphatic heterocycles. The molecule has 0 aromatic heterocycles. The van der Waals surface area contributed by atoms with Crippen LogP contribution in [0, 0.1) is 12.8 Å². The van der Waals surface area contributed by atoms with Crippen LogP contribution < -0.4 is 0 Å². The number of carbonyl (C=O) groups excluding carboxylic acids is 1. The van der Waals surface area contributed by atoms with Crippen LogP contribution in [0.25, 0.3) is 11.1 Å². The zero-order valence-corrected chi connectivity index (χ0v) is 20.8. The molecule has 0 bridgehead atoms. The molecule has 33 heavy (non-hydrogen) atoms. The first-order chi connectivity index (χ1) is 16.0. The standard InChI is InChI=1S/C29H40O4/c1-5-22(3)32-20-25(17-23-12-7-6-8-13-23)33-19-24-15-16-27(29(30)31-4)28(18-24)26-14-10-9-11-21(26)2/h9-11,14-16,18,22-23,25H,5-8,12-13,17,19-20H2,1-4H3/t22?,25-/m0/s1. The number of benzene rings is 2. The predicted molar refractivity (Wildman–Crippen MR) is 133 cm³/mol. The molecule has 0 heterocycles. The van der Waals surface area contributed by atoms with E-state index in [0.717, 1.165) is 41.0 Å². The van der Waals surface area contributed by atoms with E-state index in [4.69, 9.17) is 14.2 Å². The largest absolute Gasteiger partial charge is 0.465 e. The van der Waals surface area contributed by atoms with Gasteiger partial charge >= 0.3 is 5.97 Å². The lowest BCUT2D eigenvalue weighted by Crippen LogP contribution is -2.26. The lowest BCUT2D eigenvalue weighted by Gasteiger charge is -2.27. The van der Waals surface area contributed by atoms with E-state index in [1.54, 1.807) is 0 Å². The monoisotopic (exact) mass is 452 g/mol.